The molecule has 7 heteroatoms. The van der Waals surface area contributed by atoms with Crippen LogP contribution >= 0.6 is 0 Å². The zero-order valence-corrected chi connectivity index (χ0v) is 13.0. The molecule has 1 aromatic rings. The number of carbonyl (C=O) groups excluding carboxylic acids is 1. The van der Waals surface area contributed by atoms with Gasteiger partial charge in [0.1, 0.15) is 0 Å². The van der Waals surface area contributed by atoms with Crippen molar-refractivity contribution in [2.45, 2.75) is 50.6 Å². The summed E-state index contributed by atoms with van der Waals surface area (Å²) >= 11 is 0. The van der Waals surface area contributed by atoms with Crippen molar-refractivity contribution in [2.24, 2.45) is 0 Å². The fourth-order valence-corrected chi connectivity index (χ4v) is 2.77. The summed E-state index contributed by atoms with van der Waals surface area (Å²) in [5.41, 5.74) is 0.898. The summed E-state index contributed by atoms with van der Waals surface area (Å²) in [6, 6.07) is 9.36. The average molecular weight is 319 g/mol. The van der Waals surface area contributed by atoms with Gasteiger partial charge in [0.2, 0.25) is 5.91 Å². The van der Waals surface area contributed by atoms with Crippen molar-refractivity contribution in [2.75, 3.05) is 0 Å². The molecule has 3 N–H and O–H groups in total. The predicted octanol–water partition coefficient (Wildman–Crippen LogP) is 1.17. The largest absolute Gasteiger partial charge is 0.481 e. The number of nitrogens with one attached hydrogen (secondary N) is 1. The first-order valence-electron chi connectivity index (χ1n) is 7.93. The molecule has 1 aliphatic heterocycles. The zero-order chi connectivity index (χ0) is 16.7. The minimum Gasteiger partial charge on any atom is -0.481 e. The molecule has 0 radical (unpaired) electrons. The Morgan fingerprint density at radius 1 is 1.22 bits per heavy atom. The van der Waals surface area contributed by atoms with Crippen molar-refractivity contribution in [3.8, 4) is 0 Å². The second kappa shape index (κ2) is 8.69. The number of amides is 1. The fraction of sp³-hybridized carbons (Fsp3) is 0.500. The highest BCUT2D eigenvalue weighted by Gasteiger charge is 2.33. The van der Waals surface area contributed by atoms with Crippen molar-refractivity contribution >= 4 is 19.0 Å². The average Bonchev–Trinajstić information content (AvgIpc) is 2.49. The molecule has 2 unspecified atom stereocenters. The first-order valence-corrected chi connectivity index (χ1v) is 7.93. The molecule has 1 saturated heterocycles. The zero-order valence-electron chi connectivity index (χ0n) is 13.0. The summed E-state index contributed by atoms with van der Waals surface area (Å²) in [4.78, 5) is 22.9. The Morgan fingerprint density at radius 2 is 1.91 bits per heavy atom. The van der Waals surface area contributed by atoms with Gasteiger partial charge in [0.15, 0.2) is 0 Å². The number of rotatable bonds is 5. The Bertz CT molecular complexity index is 524. The number of aliphatic carboxylic acids is 1. The van der Waals surface area contributed by atoms with Crippen LogP contribution < -0.4 is 5.32 Å². The topological polar surface area (TPSA) is 95.9 Å². The van der Waals surface area contributed by atoms with Crippen molar-refractivity contribution < 1.29 is 24.4 Å². The number of carboxylic acids is 1. The third kappa shape index (κ3) is 6.04. The van der Waals surface area contributed by atoms with Crippen LogP contribution in [0.2, 0.25) is 0 Å². The van der Waals surface area contributed by atoms with E-state index in [9.17, 15) is 14.6 Å². The molecule has 124 valence electrons. The summed E-state index contributed by atoms with van der Waals surface area (Å²) < 4.78 is 5.43. The number of benzene rings is 1. The van der Waals surface area contributed by atoms with E-state index >= 15 is 0 Å². The minimum absolute atomic E-state index is 0.137. The van der Waals surface area contributed by atoms with E-state index in [0.717, 1.165) is 18.4 Å². The minimum atomic E-state index is -1.18. The Morgan fingerprint density at radius 3 is 2.61 bits per heavy atom. The standard InChI is InChI=1S/C16H22BNO5/c19-15(10-12-6-2-1-3-7-12)18-14-9-5-4-8-13(11-16(20)21)23-17(14)22/h1-3,6-7,13-14,22H,4-5,8-11H2,(H,18,19)(H,20,21). The van der Waals surface area contributed by atoms with Gasteiger partial charge in [-0.2, -0.15) is 0 Å². The summed E-state index contributed by atoms with van der Waals surface area (Å²) in [5, 5.41) is 21.8. The van der Waals surface area contributed by atoms with Crippen molar-refractivity contribution in [1.29, 1.82) is 0 Å². The molecule has 0 spiro atoms. The molecule has 1 aliphatic rings. The lowest BCUT2D eigenvalue weighted by Gasteiger charge is -2.27. The van der Waals surface area contributed by atoms with E-state index in [1.54, 1.807) is 0 Å². The van der Waals surface area contributed by atoms with Crippen LogP contribution in [-0.2, 0) is 20.7 Å². The van der Waals surface area contributed by atoms with E-state index in [1.165, 1.54) is 0 Å². The van der Waals surface area contributed by atoms with Crippen molar-refractivity contribution in [1.82, 2.24) is 5.32 Å². The molecule has 0 aromatic heterocycles. The quantitative estimate of drug-likeness (QED) is 0.708. The molecule has 1 amide bonds. The molecule has 6 nitrogen and oxygen atoms in total. The Kier molecular flexibility index (Phi) is 6.61. The molecule has 1 fully saturated rings. The first-order chi connectivity index (χ1) is 11.0. The summed E-state index contributed by atoms with van der Waals surface area (Å²) in [6.45, 7) is 0. The lowest BCUT2D eigenvalue weighted by Crippen LogP contribution is -2.50. The van der Waals surface area contributed by atoms with E-state index < -0.39 is 25.1 Å². The third-order valence-electron chi connectivity index (χ3n) is 3.92. The van der Waals surface area contributed by atoms with Crippen molar-refractivity contribution in [3.05, 3.63) is 35.9 Å². The Hall–Kier alpha value is -1.86. The van der Waals surface area contributed by atoms with Crippen LogP contribution in [0.3, 0.4) is 0 Å². The van der Waals surface area contributed by atoms with E-state index in [-0.39, 0.29) is 18.7 Å². The number of hydrogen-bond acceptors (Lipinski definition) is 4. The summed E-state index contributed by atoms with van der Waals surface area (Å²) in [7, 11) is -1.18. The highest BCUT2D eigenvalue weighted by molar-refractivity contribution is 6.45. The second-order valence-electron chi connectivity index (χ2n) is 5.87. The van der Waals surface area contributed by atoms with Gasteiger partial charge in [0, 0.05) is 0 Å². The number of carbonyl (C=O) groups is 2. The fourth-order valence-electron chi connectivity index (χ4n) is 2.77. The molecule has 0 saturated carbocycles. The van der Waals surface area contributed by atoms with E-state index in [2.05, 4.69) is 5.32 Å². The molecular formula is C16H22BNO5. The molecule has 0 bridgehead atoms. The molecular weight excluding hydrogens is 297 g/mol. The second-order valence-corrected chi connectivity index (χ2v) is 5.87. The maximum atomic E-state index is 12.1. The third-order valence-corrected chi connectivity index (χ3v) is 3.92. The molecule has 1 aromatic carbocycles. The van der Waals surface area contributed by atoms with Crippen LogP contribution in [0.15, 0.2) is 30.3 Å². The lowest BCUT2D eigenvalue weighted by molar-refractivity contribution is -0.139. The SMILES string of the molecule is O=C(O)CC1CCCCC(NC(=O)Cc2ccccc2)B(O)O1. The molecule has 1 heterocycles. The van der Waals surface area contributed by atoms with Gasteiger partial charge in [-0.25, -0.2) is 0 Å². The van der Waals surface area contributed by atoms with Crippen LogP contribution in [-0.4, -0.2) is 41.2 Å². The summed E-state index contributed by atoms with van der Waals surface area (Å²) in [6.07, 6.45) is 2.43. The van der Waals surface area contributed by atoms with Crippen LogP contribution in [0.1, 0.15) is 37.7 Å². The Labute approximate surface area is 136 Å². The van der Waals surface area contributed by atoms with Gasteiger partial charge in [0.05, 0.1) is 24.9 Å². The lowest BCUT2D eigenvalue weighted by atomic mass is 9.74. The van der Waals surface area contributed by atoms with Gasteiger partial charge < -0.3 is 20.1 Å². The predicted molar refractivity (Wildman–Crippen MR) is 85.6 cm³/mol. The monoisotopic (exact) mass is 319 g/mol. The highest BCUT2D eigenvalue weighted by atomic mass is 16.5. The first kappa shape index (κ1) is 17.5. The number of hydrogen-bond donors (Lipinski definition) is 3. The molecule has 23 heavy (non-hydrogen) atoms. The molecule has 2 rings (SSSR count). The van der Waals surface area contributed by atoms with Gasteiger partial charge in [-0.05, 0) is 18.4 Å². The van der Waals surface area contributed by atoms with Crippen LogP contribution in [0.5, 0.6) is 0 Å². The maximum Gasteiger partial charge on any atom is 0.478 e. The Balaban J connectivity index is 1.89. The smallest absolute Gasteiger partial charge is 0.478 e. The maximum absolute atomic E-state index is 12.1. The van der Waals surface area contributed by atoms with E-state index in [0.29, 0.717) is 12.8 Å². The van der Waals surface area contributed by atoms with Gasteiger partial charge in [-0.1, -0.05) is 43.2 Å². The number of carboxylic acid groups (broad SMARTS) is 1. The van der Waals surface area contributed by atoms with Gasteiger partial charge in [-0.3, -0.25) is 9.59 Å². The van der Waals surface area contributed by atoms with E-state index in [1.807, 2.05) is 30.3 Å². The van der Waals surface area contributed by atoms with Gasteiger partial charge >= 0.3 is 13.1 Å². The van der Waals surface area contributed by atoms with Crippen LogP contribution in [0.25, 0.3) is 0 Å². The van der Waals surface area contributed by atoms with E-state index in [4.69, 9.17) is 9.76 Å². The highest BCUT2D eigenvalue weighted by Crippen LogP contribution is 2.18. The molecule has 0 aliphatic carbocycles. The van der Waals surface area contributed by atoms with Crippen LogP contribution in [0, 0.1) is 0 Å². The van der Waals surface area contributed by atoms with Gasteiger partial charge in [-0.15, -0.1) is 0 Å². The van der Waals surface area contributed by atoms with Crippen LogP contribution in [0.4, 0.5) is 0 Å². The summed E-state index contributed by atoms with van der Waals surface area (Å²) in [5.74, 6) is -1.64. The molecule has 2 atom stereocenters. The van der Waals surface area contributed by atoms with Gasteiger partial charge in [0.25, 0.3) is 0 Å². The van der Waals surface area contributed by atoms with Crippen molar-refractivity contribution in [3.63, 3.8) is 0 Å². The normalized spacial score (nSPS) is 22.0.